The van der Waals surface area contributed by atoms with E-state index >= 15 is 0 Å². The Kier molecular flexibility index (Phi) is 4.90. The largest absolute Gasteiger partial charge is 0.325 e. The summed E-state index contributed by atoms with van der Waals surface area (Å²) in [5.74, 6) is -0.0136. The number of carbonyl (C=O) groups is 1. The zero-order valence-corrected chi connectivity index (χ0v) is 14.9. The molecule has 0 unspecified atom stereocenters. The van der Waals surface area contributed by atoms with Gasteiger partial charge in [-0.15, -0.1) is 0 Å². The average molecular weight is 339 g/mol. The summed E-state index contributed by atoms with van der Waals surface area (Å²) in [4.78, 5) is 17.1. The van der Waals surface area contributed by atoms with Crippen molar-refractivity contribution in [3.63, 3.8) is 0 Å². The van der Waals surface area contributed by atoms with Gasteiger partial charge in [0.2, 0.25) is 5.91 Å². The van der Waals surface area contributed by atoms with E-state index in [-0.39, 0.29) is 11.2 Å². The van der Waals surface area contributed by atoms with Crippen LogP contribution in [0.25, 0.3) is 11.0 Å². The lowest BCUT2D eigenvalue weighted by Crippen LogP contribution is -2.22. The van der Waals surface area contributed by atoms with Crippen molar-refractivity contribution in [1.29, 1.82) is 0 Å². The number of hydrogen-bond donors (Lipinski definition) is 1. The van der Waals surface area contributed by atoms with Gasteiger partial charge in [-0.25, -0.2) is 4.98 Å². The number of rotatable bonds is 5. The van der Waals surface area contributed by atoms with Crippen LogP contribution in [0.4, 0.5) is 5.69 Å². The topological polar surface area (TPSA) is 46.9 Å². The van der Waals surface area contributed by atoms with Crippen LogP contribution in [0.2, 0.25) is 0 Å². The molecular weight excluding hydrogens is 318 g/mol. The normalized spacial score (nSPS) is 12.3. The maximum absolute atomic E-state index is 12.5. The van der Waals surface area contributed by atoms with Crippen LogP contribution in [0.5, 0.6) is 0 Å². The molecule has 24 heavy (non-hydrogen) atoms. The molecule has 2 aromatic carbocycles. The Balaban J connectivity index is 1.76. The highest BCUT2D eigenvalue weighted by molar-refractivity contribution is 8.00. The van der Waals surface area contributed by atoms with Gasteiger partial charge in [0.25, 0.3) is 0 Å². The third kappa shape index (κ3) is 3.46. The summed E-state index contributed by atoms with van der Waals surface area (Å²) in [5.41, 5.74) is 4.03. The zero-order chi connectivity index (χ0) is 17.1. The summed E-state index contributed by atoms with van der Waals surface area (Å²) in [5, 5.41) is 3.63. The number of aryl methyl sites for hydroxylation is 2. The Bertz CT molecular complexity index is 872. The summed E-state index contributed by atoms with van der Waals surface area (Å²) in [6, 6.07) is 15.9. The molecule has 0 saturated carbocycles. The minimum absolute atomic E-state index is 0.0136. The Morgan fingerprint density at radius 1 is 1.25 bits per heavy atom. The summed E-state index contributed by atoms with van der Waals surface area (Å²) < 4.78 is 2.15. The molecule has 1 N–H and O–H groups in total. The minimum Gasteiger partial charge on any atom is -0.325 e. The van der Waals surface area contributed by atoms with Gasteiger partial charge in [0.15, 0.2) is 5.16 Å². The number of thioether (sulfide) groups is 1. The standard InChI is InChI=1S/C19H21N3OS/c1-4-22-17-11-6-5-10-16(17)21-19(22)24-14(3)18(23)20-15-9-7-8-13(2)12-15/h5-12,14H,4H2,1-3H3,(H,20,23)/t14-/m1/s1. The van der Waals surface area contributed by atoms with Gasteiger partial charge in [-0.05, 0) is 50.6 Å². The summed E-state index contributed by atoms with van der Waals surface area (Å²) >= 11 is 1.49. The van der Waals surface area contributed by atoms with Gasteiger partial charge in [0.1, 0.15) is 0 Å². The fourth-order valence-electron chi connectivity index (χ4n) is 2.63. The molecule has 1 atom stereocenters. The van der Waals surface area contributed by atoms with Crippen LogP contribution >= 0.6 is 11.8 Å². The smallest absolute Gasteiger partial charge is 0.237 e. The van der Waals surface area contributed by atoms with Crippen molar-refractivity contribution in [2.45, 2.75) is 37.7 Å². The third-order valence-electron chi connectivity index (χ3n) is 3.87. The summed E-state index contributed by atoms with van der Waals surface area (Å²) in [7, 11) is 0. The maximum Gasteiger partial charge on any atom is 0.237 e. The molecule has 4 nitrogen and oxygen atoms in total. The number of nitrogens with zero attached hydrogens (tertiary/aromatic N) is 2. The number of hydrogen-bond acceptors (Lipinski definition) is 3. The summed E-state index contributed by atoms with van der Waals surface area (Å²) in [6.45, 7) is 6.84. The SMILES string of the molecule is CCn1c(S[C@H](C)C(=O)Nc2cccc(C)c2)nc2ccccc21. The van der Waals surface area contributed by atoms with Gasteiger partial charge in [0, 0.05) is 12.2 Å². The van der Waals surface area contributed by atoms with Gasteiger partial charge in [0.05, 0.1) is 16.3 Å². The van der Waals surface area contributed by atoms with Gasteiger partial charge < -0.3 is 9.88 Å². The van der Waals surface area contributed by atoms with E-state index in [0.717, 1.165) is 34.0 Å². The zero-order valence-electron chi connectivity index (χ0n) is 14.1. The minimum atomic E-state index is -0.229. The lowest BCUT2D eigenvalue weighted by atomic mass is 10.2. The first-order valence-electron chi connectivity index (χ1n) is 8.08. The van der Waals surface area contributed by atoms with Crippen molar-refractivity contribution in [3.05, 3.63) is 54.1 Å². The molecule has 0 saturated heterocycles. The molecule has 0 aliphatic rings. The predicted molar refractivity (Wildman–Crippen MR) is 101 cm³/mol. The van der Waals surface area contributed by atoms with E-state index in [0.29, 0.717) is 0 Å². The molecule has 3 rings (SSSR count). The van der Waals surface area contributed by atoms with Crippen molar-refractivity contribution in [2.75, 3.05) is 5.32 Å². The van der Waals surface area contributed by atoms with Gasteiger partial charge in [-0.2, -0.15) is 0 Å². The van der Waals surface area contributed by atoms with E-state index in [9.17, 15) is 4.79 Å². The highest BCUT2D eigenvalue weighted by atomic mass is 32.2. The number of fused-ring (bicyclic) bond motifs is 1. The molecule has 124 valence electrons. The number of anilines is 1. The molecule has 0 radical (unpaired) electrons. The maximum atomic E-state index is 12.5. The molecule has 0 aliphatic heterocycles. The number of nitrogens with one attached hydrogen (secondary N) is 1. The van der Waals surface area contributed by atoms with Crippen LogP contribution in [0, 0.1) is 6.92 Å². The number of aromatic nitrogens is 2. The quantitative estimate of drug-likeness (QED) is 0.697. The van der Waals surface area contributed by atoms with E-state index in [1.165, 1.54) is 11.8 Å². The first-order valence-corrected chi connectivity index (χ1v) is 8.96. The lowest BCUT2D eigenvalue weighted by Gasteiger charge is -2.13. The average Bonchev–Trinajstić information content (AvgIpc) is 2.91. The number of benzene rings is 2. The first kappa shape index (κ1) is 16.6. The van der Waals surface area contributed by atoms with Crippen molar-refractivity contribution in [3.8, 4) is 0 Å². The molecule has 1 amide bonds. The fraction of sp³-hybridized carbons (Fsp3) is 0.263. The lowest BCUT2D eigenvalue weighted by molar-refractivity contribution is -0.115. The third-order valence-corrected chi connectivity index (χ3v) is 4.96. The number of para-hydroxylation sites is 2. The second-order valence-corrected chi connectivity index (χ2v) is 7.05. The highest BCUT2D eigenvalue weighted by Crippen LogP contribution is 2.27. The molecule has 0 bridgehead atoms. The van der Waals surface area contributed by atoms with Crippen LogP contribution in [-0.4, -0.2) is 20.7 Å². The Labute approximate surface area is 146 Å². The van der Waals surface area contributed by atoms with Crippen LogP contribution in [0.1, 0.15) is 19.4 Å². The molecule has 5 heteroatoms. The van der Waals surface area contributed by atoms with Crippen molar-refractivity contribution >= 4 is 34.4 Å². The monoisotopic (exact) mass is 339 g/mol. The van der Waals surface area contributed by atoms with E-state index in [1.54, 1.807) is 0 Å². The molecule has 3 aromatic rings. The number of carbonyl (C=O) groups excluding carboxylic acids is 1. The van der Waals surface area contributed by atoms with Crippen LogP contribution in [0.15, 0.2) is 53.7 Å². The van der Waals surface area contributed by atoms with Gasteiger partial charge in [-0.3, -0.25) is 4.79 Å². The van der Waals surface area contributed by atoms with Crippen LogP contribution < -0.4 is 5.32 Å². The number of amides is 1. The highest BCUT2D eigenvalue weighted by Gasteiger charge is 2.19. The molecule has 0 aliphatic carbocycles. The first-order chi connectivity index (χ1) is 11.6. The van der Waals surface area contributed by atoms with Gasteiger partial charge in [-0.1, -0.05) is 36.0 Å². The van der Waals surface area contributed by atoms with Crippen molar-refractivity contribution < 1.29 is 4.79 Å². The molecule has 1 heterocycles. The Morgan fingerprint density at radius 3 is 2.79 bits per heavy atom. The van der Waals surface area contributed by atoms with E-state index in [2.05, 4.69) is 27.9 Å². The van der Waals surface area contributed by atoms with Crippen LogP contribution in [-0.2, 0) is 11.3 Å². The molecule has 1 aromatic heterocycles. The van der Waals surface area contributed by atoms with Crippen molar-refractivity contribution in [1.82, 2.24) is 9.55 Å². The van der Waals surface area contributed by atoms with E-state index in [4.69, 9.17) is 0 Å². The Morgan fingerprint density at radius 2 is 2.04 bits per heavy atom. The summed E-state index contributed by atoms with van der Waals surface area (Å²) in [6.07, 6.45) is 0. The molecular formula is C19H21N3OS. The van der Waals surface area contributed by atoms with E-state index < -0.39 is 0 Å². The fourth-order valence-corrected chi connectivity index (χ4v) is 3.62. The van der Waals surface area contributed by atoms with Crippen LogP contribution in [0.3, 0.4) is 0 Å². The van der Waals surface area contributed by atoms with Crippen molar-refractivity contribution in [2.24, 2.45) is 0 Å². The second kappa shape index (κ2) is 7.09. The van der Waals surface area contributed by atoms with Gasteiger partial charge >= 0.3 is 0 Å². The number of imidazole rings is 1. The molecule has 0 spiro atoms. The predicted octanol–water partition coefficient (Wildman–Crippen LogP) is 4.48. The van der Waals surface area contributed by atoms with E-state index in [1.807, 2.05) is 56.3 Å². The second-order valence-electron chi connectivity index (χ2n) is 5.75. The Hall–Kier alpha value is -2.27. The molecule has 0 fully saturated rings.